The number of hydrogen-bond acceptors (Lipinski definition) is 2. The fourth-order valence-electron chi connectivity index (χ4n) is 2.26. The van der Waals surface area contributed by atoms with Crippen LogP contribution in [0, 0.1) is 6.92 Å². The lowest BCUT2D eigenvalue weighted by molar-refractivity contribution is -0.126. The van der Waals surface area contributed by atoms with E-state index in [0.717, 1.165) is 13.1 Å². The highest BCUT2D eigenvalue weighted by Crippen LogP contribution is 2.28. The molecule has 0 bridgehead atoms. The van der Waals surface area contributed by atoms with Crippen molar-refractivity contribution < 1.29 is 4.79 Å². The summed E-state index contributed by atoms with van der Waals surface area (Å²) in [7, 11) is 0. The average molecular weight is 232 g/mol. The Bertz CT molecular complexity index is 409. The zero-order valence-corrected chi connectivity index (χ0v) is 10.8. The van der Waals surface area contributed by atoms with E-state index in [1.54, 1.807) is 0 Å². The number of hydrogen-bond donors (Lipinski definition) is 1. The van der Waals surface area contributed by atoms with Gasteiger partial charge in [0.15, 0.2) is 0 Å². The van der Waals surface area contributed by atoms with E-state index in [0.29, 0.717) is 6.54 Å². The maximum Gasteiger partial charge on any atom is 0.234 e. The molecule has 3 nitrogen and oxygen atoms in total. The number of nitrogens with one attached hydrogen (secondary N) is 1. The monoisotopic (exact) mass is 232 g/mol. The van der Waals surface area contributed by atoms with Crippen LogP contribution >= 0.6 is 0 Å². The number of rotatable bonds is 2. The Morgan fingerprint density at radius 2 is 1.88 bits per heavy atom. The minimum Gasteiger partial charge on any atom is -0.354 e. The predicted octanol–water partition coefficient (Wildman–Crippen LogP) is 1.66. The van der Waals surface area contributed by atoms with Crippen molar-refractivity contribution in [1.29, 1.82) is 0 Å². The number of carbonyl (C=O) groups excluding carboxylic acids is 1. The van der Waals surface area contributed by atoms with Crippen molar-refractivity contribution in [3.05, 3.63) is 35.4 Å². The van der Waals surface area contributed by atoms with Gasteiger partial charge in [-0.05, 0) is 26.3 Å². The molecule has 17 heavy (non-hydrogen) atoms. The van der Waals surface area contributed by atoms with Crippen LogP contribution in [0.2, 0.25) is 0 Å². The Labute approximate surface area is 103 Å². The van der Waals surface area contributed by atoms with Crippen molar-refractivity contribution in [2.75, 3.05) is 19.6 Å². The molecule has 1 aliphatic heterocycles. The third kappa shape index (κ3) is 2.50. The molecule has 1 saturated heterocycles. The minimum atomic E-state index is -0.0918. The van der Waals surface area contributed by atoms with E-state index in [2.05, 4.69) is 55.3 Å². The first-order valence-corrected chi connectivity index (χ1v) is 6.09. The van der Waals surface area contributed by atoms with Crippen molar-refractivity contribution in [3.63, 3.8) is 0 Å². The molecule has 0 spiro atoms. The molecule has 0 radical (unpaired) electrons. The fraction of sp³-hybridized carbons (Fsp3) is 0.500. The van der Waals surface area contributed by atoms with Crippen LogP contribution in [-0.4, -0.2) is 30.4 Å². The van der Waals surface area contributed by atoms with Gasteiger partial charge in [-0.2, -0.15) is 0 Å². The van der Waals surface area contributed by atoms with E-state index in [1.807, 2.05) is 0 Å². The molecule has 1 aromatic rings. The van der Waals surface area contributed by atoms with Gasteiger partial charge < -0.3 is 5.32 Å². The molecule has 92 valence electrons. The van der Waals surface area contributed by atoms with Gasteiger partial charge in [0.05, 0.1) is 6.54 Å². The summed E-state index contributed by atoms with van der Waals surface area (Å²) in [5.74, 6) is 0.122. The van der Waals surface area contributed by atoms with Gasteiger partial charge in [-0.1, -0.05) is 29.8 Å². The zero-order chi connectivity index (χ0) is 12.5. The maximum atomic E-state index is 11.5. The molecule has 0 unspecified atom stereocenters. The number of piperazine rings is 1. The minimum absolute atomic E-state index is 0.0918. The molecular weight excluding hydrogens is 212 g/mol. The Morgan fingerprint density at radius 1 is 1.24 bits per heavy atom. The third-order valence-corrected chi connectivity index (χ3v) is 3.59. The zero-order valence-electron chi connectivity index (χ0n) is 10.8. The van der Waals surface area contributed by atoms with E-state index in [9.17, 15) is 4.79 Å². The summed E-state index contributed by atoms with van der Waals surface area (Å²) < 4.78 is 0. The third-order valence-electron chi connectivity index (χ3n) is 3.59. The van der Waals surface area contributed by atoms with E-state index in [4.69, 9.17) is 0 Å². The van der Waals surface area contributed by atoms with Gasteiger partial charge >= 0.3 is 0 Å². The molecule has 0 saturated carbocycles. The van der Waals surface area contributed by atoms with Crippen molar-refractivity contribution in [3.8, 4) is 0 Å². The molecule has 1 heterocycles. The highest BCUT2D eigenvalue weighted by Gasteiger charge is 2.31. The lowest BCUT2D eigenvalue weighted by Gasteiger charge is -2.41. The topological polar surface area (TPSA) is 32.3 Å². The van der Waals surface area contributed by atoms with Crippen molar-refractivity contribution in [2.24, 2.45) is 0 Å². The SMILES string of the molecule is Cc1ccc(C(C)(C)N2CCNC(=O)C2)cc1. The molecule has 3 heteroatoms. The second kappa shape index (κ2) is 4.49. The van der Waals surface area contributed by atoms with Gasteiger partial charge in [-0.15, -0.1) is 0 Å². The molecule has 0 atom stereocenters. The standard InChI is InChI=1S/C14H20N2O/c1-11-4-6-12(7-5-11)14(2,3)16-9-8-15-13(17)10-16/h4-7H,8-10H2,1-3H3,(H,15,17). The molecule has 1 amide bonds. The van der Waals surface area contributed by atoms with Crippen molar-refractivity contribution in [2.45, 2.75) is 26.3 Å². The van der Waals surface area contributed by atoms with E-state index in [-0.39, 0.29) is 11.4 Å². The van der Waals surface area contributed by atoms with Gasteiger partial charge in [0.2, 0.25) is 5.91 Å². The summed E-state index contributed by atoms with van der Waals surface area (Å²) >= 11 is 0. The molecule has 1 aliphatic rings. The highest BCUT2D eigenvalue weighted by atomic mass is 16.2. The Kier molecular flexibility index (Phi) is 3.20. The number of nitrogens with zero attached hydrogens (tertiary/aromatic N) is 1. The predicted molar refractivity (Wildman–Crippen MR) is 68.8 cm³/mol. The molecule has 0 aliphatic carbocycles. The molecular formula is C14H20N2O. The Hall–Kier alpha value is -1.35. The Morgan fingerprint density at radius 3 is 2.47 bits per heavy atom. The first-order chi connectivity index (χ1) is 8.00. The fourth-order valence-corrected chi connectivity index (χ4v) is 2.26. The summed E-state index contributed by atoms with van der Waals surface area (Å²) in [5.41, 5.74) is 2.43. The molecule has 0 aromatic heterocycles. The van der Waals surface area contributed by atoms with Gasteiger partial charge in [-0.3, -0.25) is 9.69 Å². The van der Waals surface area contributed by atoms with Gasteiger partial charge in [0.25, 0.3) is 0 Å². The van der Waals surface area contributed by atoms with Crippen LogP contribution in [0.25, 0.3) is 0 Å². The van der Waals surface area contributed by atoms with Crippen LogP contribution in [-0.2, 0) is 10.3 Å². The summed E-state index contributed by atoms with van der Waals surface area (Å²) in [6.45, 7) is 8.58. The average Bonchev–Trinajstić information content (AvgIpc) is 2.29. The maximum absolute atomic E-state index is 11.5. The first kappa shape index (κ1) is 12.1. The number of amides is 1. The quantitative estimate of drug-likeness (QED) is 0.841. The van der Waals surface area contributed by atoms with Crippen LogP contribution in [0.3, 0.4) is 0 Å². The van der Waals surface area contributed by atoms with E-state index < -0.39 is 0 Å². The lowest BCUT2D eigenvalue weighted by Crippen LogP contribution is -2.54. The second-order valence-electron chi connectivity index (χ2n) is 5.20. The van der Waals surface area contributed by atoms with E-state index >= 15 is 0 Å². The molecule has 1 fully saturated rings. The lowest BCUT2D eigenvalue weighted by atomic mass is 9.91. The molecule has 2 rings (SSSR count). The van der Waals surface area contributed by atoms with E-state index in [1.165, 1.54) is 11.1 Å². The van der Waals surface area contributed by atoms with Gasteiger partial charge in [0, 0.05) is 18.6 Å². The molecule has 1 N–H and O–H groups in total. The summed E-state index contributed by atoms with van der Waals surface area (Å²) in [6, 6.07) is 8.56. The number of carbonyl (C=O) groups is 1. The molecule has 1 aromatic carbocycles. The van der Waals surface area contributed by atoms with Gasteiger partial charge in [-0.25, -0.2) is 0 Å². The summed E-state index contributed by atoms with van der Waals surface area (Å²) in [5, 5.41) is 2.86. The summed E-state index contributed by atoms with van der Waals surface area (Å²) in [4.78, 5) is 13.7. The van der Waals surface area contributed by atoms with Crippen LogP contribution in [0.1, 0.15) is 25.0 Å². The summed E-state index contributed by atoms with van der Waals surface area (Å²) in [6.07, 6.45) is 0. The smallest absolute Gasteiger partial charge is 0.234 e. The van der Waals surface area contributed by atoms with Crippen LogP contribution in [0.15, 0.2) is 24.3 Å². The van der Waals surface area contributed by atoms with Crippen molar-refractivity contribution >= 4 is 5.91 Å². The Balaban J connectivity index is 2.22. The first-order valence-electron chi connectivity index (χ1n) is 6.09. The normalized spacial score (nSPS) is 17.9. The number of aryl methyl sites for hydroxylation is 1. The highest BCUT2D eigenvalue weighted by molar-refractivity contribution is 5.78. The second-order valence-corrected chi connectivity index (χ2v) is 5.20. The largest absolute Gasteiger partial charge is 0.354 e. The van der Waals surface area contributed by atoms with Gasteiger partial charge in [0.1, 0.15) is 0 Å². The van der Waals surface area contributed by atoms with Crippen LogP contribution < -0.4 is 5.32 Å². The number of benzene rings is 1. The van der Waals surface area contributed by atoms with Crippen LogP contribution in [0.4, 0.5) is 0 Å². The van der Waals surface area contributed by atoms with Crippen molar-refractivity contribution in [1.82, 2.24) is 10.2 Å². The van der Waals surface area contributed by atoms with Crippen LogP contribution in [0.5, 0.6) is 0 Å².